The van der Waals surface area contributed by atoms with Gasteiger partial charge in [0, 0.05) is 56.7 Å². The number of amides is 2. The van der Waals surface area contributed by atoms with E-state index in [1.807, 2.05) is 66.3 Å². The minimum atomic E-state index is -0.918. The van der Waals surface area contributed by atoms with E-state index in [0.717, 1.165) is 46.9 Å². The molecule has 1 aliphatic rings. The van der Waals surface area contributed by atoms with Gasteiger partial charge < -0.3 is 20.1 Å². The highest BCUT2D eigenvalue weighted by atomic mass is 35.5. The van der Waals surface area contributed by atoms with Crippen LogP contribution in [0.1, 0.15) is 35.3 Å². The van der Waals surface area contributed by atoms with Gasteiger partial charge in [0.1, 0.15) is 17.6 Å². The molecule has 230 valence electrons. The second-order valence-electron chi connectivity index (χ2n) is 11.3. The number of nitrogens with one attached hydrogen (secondary N) is 2. The zero-order chi connectivity index (χ0) is 31.3. The van der Waals surface area contributed by atoms with E-state index in [4.69, 9.17) is 11.6 Å². The number of halogens is 1. The lowest BCUT2D eigenvalue weighted by Gasteiger charge is -2.28. The van der Waals surface area contributed by atoms with Crippen molar-refractivity contribution in [2.75, 3.05) is 23.3 Å². The summed E-state index contributed by atoms with van der Waals surface area (Å²) in [4.78, 5) is 38.1. The molecule has 0 aliphatic carbocycles. The highest BCUT2D eigenvalue weighted by Crippen LogP contribution is 2.29. The maximum atomic E-state index is 13.7. The molecule has 0 radical (unpaired) electrons. The number of benzene rings is 2. The van der Waals surface area contributed by atoms with Crippen molar-refractivity contribution in [2.45, 2.75) is 31.7 Å². The minimum Gasteiger partial charge on any atom is -0.357 e. The first-order chi connectivity index (χ1) is 21.9. The van der Waals surface area contributed by atoms with E-state index >= 15 is 0 Å². The van der Waals surface area contributed by atoms with Crippen LogP contribution >= 0.6 is 11.6 Å². The number of rotatable bonds is 9. The predicted molar refractivity (Wildman–Crippen MR) is 176 cm³/mol. The molecule has 1 aliphatic heterocycles. The van der Waals surface area contributed by atoms with E-state index in [-0.39, 0.29) is 12.3 Å². The molecule has 11 heteroatoms. The number of piperidine rings is 1. The summed E-state index contributed by atoms with van der Waals surface area (Å²) in [6, 6.07) is 18.1. The quantitative estimate of drug-likeness (QED) is 0.224. The van der Waals surface area contributed by atoms with Crippen LogP contribution in [0.4, 0.5) is 11.5 Å². The highest BCUT2D eigenvalue weighted by Gasteiger charge is 2.25. The number of aromatic nitrogens is 5. The van der Waals surface area contributed by atoms with Gasteiger partial charge in [0.15, 0.2) is 0 Å². The number of aryl methyl sites for hydroxylation is 2. The topological polar surface area (TPSA) is 110 Å². The van der Waals surface area contributed by atoms with Crippen molar-refractivity contribution in [3.63, 3.8) is 0 Å². The van der Waals surface area contributed by atoms with Crippen molar-refractivity contribution in [3.8, 4) is 22.4 Å². The van der Waals surface area contributed by atoms with Crippen molar-refractivity contribution in [3.05, 3.63) is 102 Å². The molecule has 2 aromatic carbocycles. The van der Waals surface area contributed by atoms with Gasteiger partial charge in [0.25, 0.3) is 5.91 Å². The molecule has 5 aromatic rings. The van der Waals surface area contributed by atoms with Crippen LogP contribution in [0.25, 0.3) is 22.4 Å². The Kier molecular flexibility index (Phi) is 8.93. The Labute approximate surface area is 267 Å². The predicted octanol–water partition coefficient (Wildman–Crippen LogP) is 5.51. The molecule has 2 N–H and O–H groups in total. The molecule has 3 aromatic heterocycles. The maximum Gasteiger partial charge on any atom is 0.270 e. The number of imidazole rings is 1. The fraction of sp³-hybridized carbons (Fsp3) is 0.265. The van der Waals surface area contributed by atoms with Gasteiger partial charge in [0.05, 0.1) is 18.2 Å². The van der Waals surface area contributed by atoms with E-state index < -0.39 is 11.9 Å². The van der Waals surface area contributed by atoms with Gasteiger partial charge in [-0.05, 0) is 84.0 Å². The van der Waals surface area contributed by atoms with E-state index in [1.165, 1.54) is 23.9 Å². The standard InChI is InChI=1S/C34H35ClN8O2/c1-41-22-36-21-31(41)23-6-9-27(10-7-23)39-33(44)29(40-34(45)30-13-15-38-42(30)2)19-26-18-24(8-11-28(26)35)25-12-14-37-32(20-25)43-16-4-3-5-17-43/h6-15,18,20-22,29H,3-5,16-17,19H2,1-2H3,(H,39,44)(H,40,45). The molecule has 0 bridgehead atoms. The Balaban J connectivity index is 1.25. The molecular weight excluding hydrogens is 588 g/mol. The molecule has 1 unspecified atom stereocenters. The van der Waals surface area contributed by atoms with Crippen molar-refractivity contribution in [2.24, 2.45) is 14.1 Å². The van der Waals surface area contributed by atoms with E-state index in [9.17, 15) is 9.59 Å². The summed E-state index contributed by atoms with van der Waals surface area (Å²) in [5.41, 5.74) is 5.58. The lowest BCUT2D eigenvalue weighted by Crippen LogP contribution is -2.45. The fourth-order valence-corrected chi connectivity index (χ4v) is 5.85. The zero-order valence-electron chi connectivity index (χ0n) is 25.3. The average molecular weight is 623 g/mol. The van der Waals surface area contributed by atoms with E-state index in [2.05, 4.69) is 36.7 Å². The normalized spacial score (nSPS) is 13.8. The number of carbonyl (C=O) groups excluding carboxylic acids is 2. The molecule has 6 rings (SSSR count). The third kappa shape index (κ3) is 6.91. The van der Waals surface area contributed by atoms with Crippen molar-refractivity contribution < 1.29 is 9.59 Å². The molecule has 1 atom stereocenters. The van der Waals surface area contributed by atoms with Crippen LogP contribution < -0.4 is 15.5 Å². The first-order valence-electron chi connectivity index (χ1n) is 15.0. The van der Waals surface area contributed by atoms with Gasteiger partial charge in [-0.1, -0.05) is 29.8 Å². The Hall–Kier alpha value is -4.96. The molecular formula is C34H35ClN8O2. The number of pyridine rings is 1. The lowest BCUT2D eigenvalue weighted by molar-refractivity contribution is -0.118. The molecule has 10 nitrogen and oxygen atoms in total. The highest BCUT2D eigenvalue weighted by molar-refractivity contribution is 6.31. The molecule has 2 amide bonds. The Morgan fingerprint density at radius 2 is 1.67 bits per heavy atom. The van der Waals surface area contributed by atoms with E-state index in [0.29, 0.717) is 16.4 Å². The molecule has 0 saturated carbocycles. The lowest BCUT2D eigenvalue weighted by atomic mass is 9.99. The van der Waals surface area contributed by atoms with Gasteiger partial charge in [0.2, 0.25) is 5.91 Å². The number of carbonyl (C=O) groups is 2. The summed E-state index contributed by atoms with van der Waals surface area (Å²) in [6.07, 6.45) is 10.7. The summed E-state index contributed by atoms with van der Waals surface area (Å²) >= 11 is 6.70. The average Bonchev–Trinajstić information content (AvgIpc) is 3.70. The Bertz CT molecular complexity index is 1810. The zero-order valence-corrected chi connectivity index (χ0v) is 26.0. The summed E-state index contributed by atoms with van der Waals surface area (Å²) in [5, 5.41) is 10.5. The first kappa shape index (κ1) is 30.1. The molecule has 1 saturated heterocycles. The monoisotopic (exact) mass is 622 g/mol. The third-order valence-corrected chi connectivity index (χ3v) is 8.54. The molecule has 4 heterocycles. The van der Waals surface area contributed by atoms with Crippen molar-refractivity contribution in [1.29, 1.82) is 0 Å². The fourth-order valence-electron chi connectivity index (χ4n) is 5.65. The molecule has 0 spiro atoms. The Morgan fingerprint density at radius 1 is 0.911 bits per heavy atom. The van der Waals surface area contributed by atoms with Gasteiger partial charge in [-0.2, -0.15) is 5.10 Å². The second-order valence-corrected chi connectivity index (χ2v) is 11.7. The SMILES string of the molecule is Cn1cncc1-c1ccc(NC(=O)C(Cc2cc(-c3ccnc(N4CCCCC4)c3)ccc2Cl)NC(=O)c2ccnn2C)cc1. The number of nitrogens with zero attached hydrogens (tertiary/aromatic N) is 6. The van der Waals surface area contributed by atoms with Gasteiger partial charge in [-0.25, -0.2) is 9.97 Å². The third-order valence-electron chi connectivity index (χ3n) is 8.17. The summed E-state index contributed by atoms with van der Waals surface area (Å²) in [5.74, 6) is 0.185. The van der Waals surface area contributed by atoms with Crippen molar-refractivity contribution >= 4 is 34.9 Å². The smallest absolute Gasteiger partial charge is 0.270 e. The van der Waals surface area contributed by atoms with Crippen LogP contribution in [-0.4, -0.2) is 55.3 Å². The molecule has 1 fully saturated rings. The van der Waals surface area contributed by atoms with Gasteiger partial charge in [-0.3, -0.25) is 14.3 Å². The molecule has 45 heavy (non-hydrogen) atoms. The second kappa shape index (κ2) is 13.4. The van der Waals surface area contributed by atoms with Crippen LogP contribution in [0, 0.1) is 0 Å². The van der Waals surface area contributed by atoms with Crippen LogP contribution in [0.5, 0.6) is 0 Å². The van der Waals surface area contributed by atoms with Crippen LogP contribution in [0.15, 0.2) is 85.6 Å². The summed E-state index contributed by atoms with van der Waals surface area (Å²) < 4.78 is 3.40. The van der Waals surface area contributed by atoms with Gasteiger partial charge >= 0.3 is 0 Å². The minimum absolute atomic E-state index is 0.180. The van der Waals surface area contributed by atoms with Crippen LogP contribution in [-0.2, 0) is 25.3 Å². The summed E-state index contributed by atoms with van der Waals surface area (Å²) in [7, 11) is 3.61. The maximum absolute atomic E-state index is 13.7. The summed E-state index contributed by atoms with van der Waals surface area (Å²) in [6.45, 7) is 2.00. The van der Waals surface area contributed by atoms with Crippen LogP contribution in [0.2, 0.25) is 5.02 Å². The van der Waals surface area contributed by atoms with Gasteiger partial charge in [-0.15, -0.1) is 0 Å². The first-order valence-corrected chi connectivity index (χ1v) is 15.4. The number of anilines is 2. The largest absolute Gasteiger partial charge is 0.357 e. The van der Waals surface area contributed by atoms with Crippen LogP contribution in [0.3, 0.4) is 0 Å². The van der Waals surface area contributed by atoms with Crippen molar-refractivity contribution in [1.82, 2.24) is 29.6 Å². The Morgan fingerprint density at radius 3 is 2.38 bits per heavy atom. The number of hydrogen-bond donors (Lipinski definition) is 2. The van der Waals surface area contributed by atoms with E-state index in [1.54, 1.807) is 31.8 Å². The number of hydrogen-bond acceptors (Lipinski definition) is 6.